The molecule has 0 aromatic heterocycles. The molecule has 1 fully saturated rings. The lowest BCUT2D eigenvalue weighted by Crippen LogP contribution is -2.21. The summed E-state index contributed by atoms with van der Waals surface area (Å²) in [5.74, 6) is 2.70. The molecule has 2 aliphatic rings. The number of ether oxygens (including phenoxy) is 2. The predicted octanol–water partition coefficient (Wildman–Crippen LogP) is 2.52. The lowest BCUT2D eigenvalue weighted by atomic mass is 10.1. The zero-order valence-electron chi connectivity index (χ0n) is 10.2. The molecule has 1 unspecified atom stereocenters. The third-order valence-corrected chi connectivity index (χ3v) is 3.40. The van der Waals surface area contributed by atoms with Crippen LogP contribution in [0, 0.1) is 5.92 Å². The Morgan fingerprint density at radius 2 is 2.29 bits per heavy atom. The fourth-order valence-corrected chi connectivity index (χ4v) is 2.19. The van der Waals surface area contributed by atoms with Crippen LogP contribution in [0.25, 0.3) is 0 Å². The number of nitrogens with one attached hydrogen (secondary N) is 1. The van der Waals surface area contributed by atoms with Gasteiger partial charge in [-0.2, -0.15) is 0 Å². The molecule has 1 heterocycles. The first-order chi connectivity index (χ1) is 8.36. The molecule has 1 atom stereocenters. The van der Waals surface area contributed by atoms with Crippen LogP contribution in [0.15, 0.2) is 18.2 Å². The van der Waals surface area contributed by atoms with Gasteiger partial charge in [0.2, 0.25) is 0 Å². The van der Waals surface area contributed by atoms with E-state index in [1.165, 1.54) is 18.4 Å². The van der Waals surface area contributed by atoms with Crippen LogP contribution in [-0.4, -0.2) is 19.8 Å². The van der Waals surface area contributed by atoms with E-state index in [1.807, 2.05) is 6.07 Å². The Bertz CT molecular complexity index is 401. The van der Waals surface area contributed by atoms with Gasteiger partial charge >= 0.3 is 0 Å². The van der Waals surface area contributed by atoms with E-state index in [-0.39, 0.29) is 0 Å². The van der Waals surface area contributed by atoms with Crippen LogP contribution >= 0.6 is 0 Å². The van der Waals surface area contributed by atoms with Crippen molar-refractivity contribution >= 4 is 0 Å². The molecule has 1 N–H and O–H groups in total. The standard InChI is InChI=1S/C14H19NO2/c1-2-15-13-9-17-14-7-11(5-6-12(13)14)16-8-10-3-4-10/h5-7,10,13,15H,2-4,8-9H2,1H3. The van der Waals surface area contributed by atoms with E-state index in [1.54, 1.807) is 0 Å². The first-order valence-corrected chi connectivity index (χ1v) is 6.49. The van der Waals surface area contributed by atoms with Crippen molar-refractivity contribution < 1.29 is 9.47 Å². The summed E-state index contributed by atoms with van der Waals surface area (Å²) in [4.78, 5) is 0. The smallest absolute Gasteiger partial charge is 0.127 e. The maximum absolute atomic E-state index is 5.75. The van der Waals surface area contributed by atoms with Gasteiger partial charge in [0.1, 0.15) is 18.1 Å². The Balaban J connectivity index is 1.68. The minimum atomic E-state index is 0.340. The summed E-state index contributed by atoms with van der Waals surface area (Å²) in [5, 5.41) is 3.41. The fourth-order valence-electron chi connectivity index (χ4n) is 2.19. The van der Waals surface area contributed by atoms with Crippen molar-refractivity contribution in [2.45, 2.75) is 25.8 Å². The van der Waals surface area contributed by atoms with Crippen LogP contribution in [-0.2, 0) is 0 Å². The molecule has 3 rings (SSSR count). The third kappa shape index (κ3) is 2.39. The number of benzene rings is 1. The van der Waals surface area contributed by atoms with Gasteiger partial charge in [-0.05, 0) is 37.4 Å². The third-order valence-electron chi connectivity index (χ3n) is 3.40. The summed E-state index contributed by atoms with van der Waals surface area (Å²) < 4.78 is 11.4. The SMILES string of the molecule is CCNC1COc2cc(OCC3CC3)ccc21. The Morgan fingerprint density at radius 1 is 1.41 bits per heavy atom. The minimum Gasteiger partial charge on any atom is -0.493 e. The summed E-state index contributed by atoms with van der Waals surface area (Å²) in [5.41, 5.74) is 1.26. The lowest BCUT2D eigenvalue weighted by molar-refractivity contribution is 0.293. The number of fused-ring (bicyclic) bond motifs is 1. The predicted molar refractivity (Wildman–Crippen MR) is 66.6 cm³/mol. The molecule has 3 heteroatoms. The monoisotopic (exact) mass is 233 g/mol. The molecule has 0 spiro atoms. The van der Waals surface area contributed by atoms with Gasteiger partial charge in [0.25, 0.3) is 0 Å². The van der Waals surface area contributed by atoms with Gasteiger partial charge in [-0.1, -0.05) is 6.92 Å². The molecule has 0 amide bonds. The highest BCUT2D eigenvalue weighted by Gasteiger charge is 2.25. The lowest BCUT2D eigenvalue weighted by Gasteiger charge is -2.10. The van der Waals surface area contributed by atoms with Crippen LogP contribution in [0.3, 0.4) is 0 Å². The molecular weight excluding hydrogens is 214 g/mol. The molecule has 0 saturated heterocycles. The van der Waals surface area contributed by atoms with Crippen molar-refractivity contribution in [1.82, 2.24) is 5.32 Å². The summed E-state index contributed by atoms with van der Waals surface area (Å²) in [6.45, 7) is 4.67. The van der Waals surface area contributed by atoms with Gasteiger partial charge in [-0.15, -0.1) is 0 Å². The maximum atomic E-state index is 5.75. The molecular formula is C14H19NO2. The Hall–Kier alpha value is -1.22. The van der Waals surface area contributed by atoms with Crippen molar-refractivity contribution in [2.24, 2.45) is 5.92 Å². The summed E-state index contributed by atoms with van der Waals surface area (Å²) in [6.07, 6.45) is 2.65. The van der Waals surface area contributed by atoms with E-state index >= 15 is 0 Å². The van der Waals surface area contributed by atoms with Gasteiger partial charge in [0.05, 0.1) is 12.6 Å². The van der Waals surface area contributed by atoms with Crippen molar-refractivity contribution in [2.75, 3.05) is 19.8 Å². The summed E-state index contributed by atoms with van der Waals surface area (Å²) in [7, 11) is 0. The average Bonchev–Trinajstić information content (AvgIpc) is 3.10. The fraction of sp³-hybridized carbons (Fsp3) is 0.571. The molecule has 0 bridgehead atoms. The highest BCUT2D eigenvalue weighted by molar-refractivity contribution is 5.45. The quantitative estimate of drug-likeness (QED) is 0.847. The van der Waals surface area contributed by atoms with E-state index in [0.29, 0.717) is 6.04 Å². The Labute approximate surface area is 102 Å². The van der Waals surface area contributed by atoms with Gasteiger partial charge in [0.15, 0.2) is 0 Å². The second-order valence-electron chi connectivity index (χ2n) is 4.88. The first-order valence-electron chi connectivity index (χ1n) is 6.49. The molecule has 1 aliphatic heterocycles. The topological polar surface area (TPSA) is 30.5 Å². The molecule has 1 saturated carbocycles. The van der Waals surface area contributed by atoms with Crippen LogP contribution in [0.2, 0.25) is 0 Å². The summed E-state index contributed by atoms with van der Waals surface area (Å²) >= 11 is 0. The number of likely N-dealkylation sites (N-methyl/N-ethyl adjacent to an activating group) is 1. The molecule has 17 heavy (non-hydrogen) atoms. The highest BCUT2D eigenvalue weighted by Crippen LogP contribution is 2.36. The molecule has 3 nitrogen and oxygen atoms in total. The second-order valence-corrected chi connectivity index (χ2v) is 4.88. The zero-order valence-corrected chi connectivity index (χ0v) is 10.2. The highest BCUT2D eigenvalue weighted by atomic mass is 16.5. The van der Waals surface area contributed by atoms with E-state index in [9.17, 15) is 0 Å². The summed E-state index contributed by atoms with van der Waals surface area (Å²) in [6, 6.07) is 6.54. The van der Waals surface area contributed by atoms with Crippen molar-refractivity contribution in [3.05, 3.63) is 23.8 Å². The molecule has 1 aromatic rings. The first kappa shape index (κ1) is 10.9. The zero-order chi connectivity index (χ0) is 11.7. The number of hydrogen-bond donors (Lipinski definition) is 1. The Morgan fingerprint density at radius 3 is 3.06 bits per heavy atom. The van der Waals surface area contributed by atoms with Gasteiger partial charge in [-0.25, -0.2) is 0 Å². The van der Waals surface area contributed by atoms with E-state index in [0.717, 1.165) is 37.2 Å². The molecule has 92 valence electrons. The second kappa shape index (κ2) is 4.57. The van der Waals surface area contributed by atoms with Crippen LogP contribution < -0.4 is 14.8 Å². The van der Waals surface area contributed by atoms with Crippen molar-refractivity contribution in [3.63, 3.8) is 0 Å². The van der Waals surface area contributed by atoms with E-state index < -0.39 is 0 Å². The van der Waals surface area contributed by atoms with Crippen LogP contribution in [0.5, 0.6) is 11.5 Å². The van der Waals surface area contributed by atoms with E-state index in [4.69, 9.17) is 9.47 Å². The van der Waals surface area contributed by atoms with Gasteiger partial charge in [0, 0.05) is 11.6 Å². The maximum Gasteiger partial charge on any atom is 0.127 e. The number of rotatable bonds is 5. The minimum absolute atomic E-state index is 0.340. The normalized spacial score (nSPS) is 22.1. The number of hydrogen-bond acceptors (Lipinski definition) is 3. The van der Waals surface area contributed by atoms with Crippen molar-refractivity contribution in [1.29, 1.82) is 0 Å². The molecule has 1 aromatic carbocycles. The van der Waals surface area contributed by atoms with Gasteiger partial charge in [-0.3, -0.25) is 0 Å². The largest absolute Gasteiger partial charge is 0.493 e. The van der Waals surface area contributed by atoms with Crippen LogP contribution in [0.4, 0.5) is 0 Å². The average molecular weight is 233 g/mol. The molecule has 1 aliphatic carbocycles. The van der Waals surface area contributed by atoms with E-state index in [2.05, 4.69) is 24.4 Å². The van der Waals surface area contributed by atoms with Crippen LogP contribution in [0.1, 0.15) is 31.4 Å². The van der Waals surface area contributed by atoms with Gasteiger partial charge < -0.3 is 14.8 Å². The van der Waals surface area contributed by atoms with Crippen molar-refractivity contribution in [3.8, 4) is 11.5 Å². The Kier molecular flexibility index (Phi) is 2.93. The molecule has 0 radical (unpaired) electrons.